The van der Waals surface area contributed by atoms with Gasteiger partial charge in [-0.25, -0.2) is 4.79 Å². The van der Waals surface area contributed by atoms with E-state index in [0.29, 0.717) is 12.1 Å². The van der Waals surface area contributed by atoms with Gasteiger partial charge >= 0.3 is 5.97 Å². The summed E-state index contributed by atoms with van der Waals surface area (Å²) in [5, 5.41) is 18.9. The van der Waals surface area contributed by atoms with Gasteiger partial charge < -0.3 is 10.0 Å². The molecule has 1 fully saturated rings. The summed E-state index contributed by atoms with van der Waals surface area (Å²) in [6.07, 6.45) is 1.82. The van der Waals surface area contributed by atoms with Crippen molar-refractivity contribution in [3.8, 4) is 6.07 Å². The Labute approximate surface area is 119 Å². The van der Waals surface area contributed by atoms with E-state index >= 15 is 0 Å². The number of piperidine rings is 1. The maximum atomic E-state index is 11.7. The lowest BCUT2D eigenvalue weighted by Gasteiger charge is -2.45. The third kappa shape index (κ3) is 2.49. The molecule has 0 aromatic heterocycles. The van der Waals surface area contributed by atoms with Gasteiger partial charge in [0.1, 0.15) is 12.1 Å². The third-order valence-electron chi connectivity index (χ3n) is 4.09. The summed E-state index contributed by atoms with van der Waals surface area (Å²) in [4.78, 5) is 13.6. The summed E-state index contributed by atoms with van der Waals surface area (Å²) in [5.41, 5.74) is 1.99. The second-order valence-electron chi connectivity index (χ2n) is 6.16. The van der Waals surface area contributed by atoms with Crippen molar-refractivity contribution >= 4 is 11.7 Å². The SMILES string of the molecule is Cc1ccc(N2CCCC(C)(C)C2C(=O)O)c(C#N)c1. The van der Waals surface area contributed by atoms with Gasteiger partial charge in [0.25, 0.3) is 0 Å². The predicted octanol–water partition coefficient (Wildman–Crippen LogP) is 2.95. The van der Waals surface area contributed by atoms with Crippen molar-refractivity contribution in [3.63, 3.8) is 0 Å². The number of carbonyl (C=O) groups is 1. The fourth-order valence-corrected chi connectivity index (χ4v) is 3.11. The number of hydrogen-bond acceptors (Lipinski definition) is 3. The van der Waals surface area contributed by atoms with Gasteiger partial charge in [0.2, 0.25) is 0 Å². The van der Waals surface area contributed by atoms with E-state index in [1.165, 1.54) is 0 Å². The van der Waals surface area contributed by atoms with Gasteiger partial charge in [-0.3, -0.25) is 0 Å². The Morgan fingerprint density at radius 1 is 1.50 bits per heavy atom. The highest BCUT2D eigenvalue weighted by Gasteiger charge is 2.43. The number of anilines is 1. The Balaban J connectivity index is 2.50. The van der Waals surface area contributed by atoms with E-state index < -0.39 is 12.0 Å². The highest BCUT2D eigenvalue weighted by molar-refractivity contribution is 5.81. The molecule has 0 spiro atoms. The summed E-state index contributed by atoms with van der Waals surface area (Å²) in [5.74, 6) is -0.820. The van der Waals surface area contributed by atoms with Crippen molar-refractivity contribution in [1.82, 2.24) is 0 Å². The van der Waals surface area contributed by atoms with Crippen LogP contribution in [0.1, 0.15) is 37.8 Å². The molecule has 1 aromatic rings. The van der Waals surface area contributed by atoms with E-state index in [0.717, 1.165) is 24.1 Å². The van der Waals surface area contributed by atoms with Crippen LogP contribution in [0.4, 0.5) is 5.69 Å². The normalized spacial score (nSPS) is 21.3. The molecule has 4 nitrogen and oxygen atoms in total. The van der Waals surface area contributed by atoms with Gasteiger partial charge in [-0.05, 0) is 42.9 Å². The maximum Gasteiger partial charge on any atom is 0.326 e. The molecule has 20 heavy (non-hydrogen) atoms. The molecular formula is C16H20N2O2. The largest absolute Gasteiger partial charge is 0.480 e. The number of rotatable bonds is 2. The van der Waals surface area contributed by atoms with Crippen molar-refractivity contribution in [2.24, 2.45) is 5.41 Å². The summed E-state index contributed by atoms with van der Waals surface area (Å²) in [7, 11) is 0. The van der Waals surface area contributed by atoms with Crippen LogP contribution in [0.5, 0.6) is 0 Å². The molecule has 0 aliphatic carbocycles. The Hall–Kier alpha value is -2.02. The van der Waals surface area contributed by atoms with Crippen LogP contribution in [0.3, 0.4) is 0 Å². The summed E-state index contributed by atoms with van der Waals surface area (Å²) >= 11 is 0. The number of carboxylic acid groups (broad SMARTS) is 1. The van der Waals surface area contributed by atoms with Gasteiger partial charge in [0.15, 0.2) is 0 Å². The second-order valence-corrected chi connectivity index (χ2v) is 6.16. The van der Waals surface area contributed by atoms with Crippen molar-refractivity contribution in [2.75, 3.05) is 11.4 Å². The Bertz CT molecular complexity index is 572. The standard InChI is InChI=1S/C16H20N2O2/c1-11-5-6-13(12(9-11)10-17)18-8-4-7-16(2,3)14(18)15(19)20/h5-6,9,14H,4,7-8H2,1-3H3,(H,19,20). The fourth-order valence-electron chi connectivity index (χ4n) is 3.11. The summed E-state index contributed by atoms with van der Waals surface area (Å²) in [6, 6.07) is 7.20. The molecule has 0 radical (unpaired) electrons. The van der Waals surface area contributed by atoms with Gasteiger partial charge in [-0.1, -0.05) is 19.9 Å². The molecule has 2 rings (SSSR count). The van der Waals surface area contributed by atoms with Crippen molar-refractivity contribution in [1.29, 1.82) is 5.26 Å². The zero-order valence-corrected chi connectivity index (χ0v) is 12.2. The first-order valence-electron chi connectivity index (χ1n) is 6.87. The molecule has 4 heteroatoms. The third-order valence-corrected chi connectivity index (χ3v) is 4.09. The van der Waals surface area contributed by atoms with E-state index in [4.69, 9.17) is 0 Å². The Morgan fingerprint density at radius 2 is 2.20 bits per heavy atom. The van der Waals surface area contributed by atoms with Crippen LogP contribution in [-0.2, 0) is 4.79 Å². The molecule has 1 aromatic carbocycles. The van der Waals surface area contributed by atoms with E-state index in [-0.39, 0.29) is 5.41 Å². The van der Waals surface area contributed by atoms with Crippen molar-refractivity contribution in [2.45, 2.75) is 39.7 Å². The van der Waals surface area contributed by atoms with E-state index in [9.17, 15) is 15.2 Å². The zero-order valence-electron chi connectivity index (χ0n) is 12.2. The fraction of sp³-hybridized carbons (Fsp3) is 0.500. The van der Waals surface area contributed by atoms with Crippen LogP contribution >= 0.6 is 0 Å². The Kier molecular flexibility index (Phi) is 3.71. The molecule has 0 amide bonds. The minimum absolute atomic E-state index is 0.304. The van der Waals surface area contributed by atoms with Crippen molar-refractivity contribution < 1.29 is 9.90 Å². The first-order chi connectivity index (χ1) is 9.36. The number of aliphatic carboxylic acids is 1. The number of hydrogen-bond donors (Lipinski definition) is 1. The van der Waals surface area contributed by atoms with Crippen molar-refractivity contribution in [3.05, 3.63) is 29.3 Å². The lowest BCUT2D eigenvalue weighted by atomic mass is 9.76. The summed E-state index contributed by atoms with van der Waals surface area (Å²) < 4.78 is 0. The number of aryl methyl sites for hydroxylation is 1. The average Bonchev–Trinajstić information content (AvgIpc) is 2.36. The molecule has 0 saturated carbocycles. The van der Waals surface area contributed by atoms with E-state index in [1.54, 1.807) is 0 Å². The number of carboxylic acids is 1. The molecule has 1 aliphatic heterocycles. The van der Waals surface area contributed by atoms with E-state index in [1.807, 2.05) is 43.9 Å². The molecule has 0 bridgehead atoms. The zero-order chi connectivity index (χ0) is 14.9. The molecule has 106 valence electrons. The highest BCUT2D eigenvalue weighted by atomic mass is 16.4. The van der Waals surface area contributed by atoms with Crippen LogP contribution in [0.15, 0.2) is 18.2 Å². The van der Waals surface area contributed by atoms with Gasteiger partial charge in [0, 0.05) is 6.54 Å². The first kappa shape index (κ1) is 14.4. The highest BCUT2D eigenvalue weighted by Crippen LogP contribution is 2.39. The number of benzene rings is 1. The quantitative estimate of drug-likeness (QED) is 0.899. The molecular weight excluding hydrogens is 252 g/mol. The van der Waals surface area contributed by atoms with Crippen LogP contribution < -0.4 is 4.90 Å². The topological polar surface area (TPSA) is 64.3 Å². The lowest BCUT2D eigenvalue weighted by Crippen LogP contribution is -2.54. The van der Waals surface area contributed by atoms with Crippen LogP contribution in [0.25, 0.3) is 0 Å². The molecule has 1 aliphatic rings. The average molecular weight is 272 g/mol. The summed E-state index contributed by atoms with van der Waals surface area (Å²) in [6.45, 7) is 6.58. The number of nitriles is 1. The lowest BCUT2D eigenvalue weighted by molar-refractivity contribution is -0.142. The van der Waals surface area contributed by atoms with Crippen LogP contribution in [0.2, 0.25) is 0 Å². The molecule has 1 unspecified atom stereocenters. The van der Waals surface area contributed by atoms with E-state index in [2.05, 4.69) is 6.07 Å². The van der Waals surface area contributed by atoms with Gasteiger partial charge in [-0.15, -0.1) is 0 Å². The monoisotopic (exact) mass is 272 g/mol. The first-order valence-corrected chi connectivity index (χ1v) is 6.87. The minimum atomic E-state index is -0.820. The molecule has 1 atom stereocenters. The molecule has 1 N–H and O–H groups in total. The van der Waals surface area contributed by atoms with Gasteiger partial charge in [-0.2, -0.15) is 5.26 Å². The van der Waals surface area contributed by atoms with Crippen LogP contribution in [0, 0.1) is 23.7 Å². The second kappa shape index (κ2) is 5.16. The number of nitrogens with zero attached hydrogens (tertiary/aromatic N) is 2. The minimum Gasteiger partial charge on any atom is -0.480 e. The smallest absolute Gasteiger partial charge is 0.326 e. The predicted molar refractivity (Wildman–Crippen MR) is 77.7 cm³/mol. The Morgan fingerprint density at radius 3 is 2.80 bits per heavy atom. The molecule has 1 heterocycles. The van der Waals surface area contributed by atoms with Gasteiger partial charge in [0.05, 0.1) is 11.3 Å². The van der Waals surface area contributed by atoms with Crippen LogP contribution in [-0.4, -0.2) is 23.7 Å². The maximum absolute atomic E-state index is 11.7. The molecule has 1 saturated heterocycles.